The molecule has 1 aliphatic carbocycles. The fourth-order valence-corrected chi connectivity index (χ4v) is 3.31. The van der Waals surface area contributed by atoms with Gasteiger partial charge in [0.2, 0.25) is 0 Å². The largest absolute Gasteiger partial charge is 0.387 e. The lowest BCUT2D eigenvalue weighted by atomic mass is 10.0. The van der Waals surface area contributed by atoms with Crippen molar-refractivity contribution in [3.05, 3.63) is 33.8 Å². The fraction of sp³-hybridized carbons (Fsp3) is 0.632. The average molecular weight is 530 g/mol. The van der Waals surface area contributed by atoms with E-state index < -0.39 is 6.10 Å². The van der Waals surface area contributed by atoms with Crippen LogP contribution in [0.25, 0.3) is 0 Å². The highest BCUT2D eigenvalue weighted by Crippen LogP contribution is 2.49. The second kappa shape index (κ2) is 12.3. The smallest absolute Gasteiger partial charge is 0.191 e. The van der Waals surface area contributed by atoms with Gasteiger partial charge in [-0.1, -0.05) is 23.2 Å². The third-order valence-corrected chi connectivity index (χ3v) is 5.02. The van der Waals surface area contributed by atoms with Crippen LogP contribution in [0, 0.1) is 5.41 Å². The van der Waals surface area contributed by atoms with Gasteiger partial charge in [0, 0.05) is 42.9 Å². The first-order valence-corrected chi connectivity index (χ1v) is 9.97. The van der Waals surface area contributed by atoms with Crippen molar-refractivity contribution in [3.8, 4) is 0 Å². The van der Waals surface area contributed by atoms with Crippen molar-refractivity contribution < 1.29 is 9.84 Å². The molecule has 8 heteroatoms. The Hall–Kier alpha value is -0.280. The summed E-state index contributed by atoms with van der Waals surface area (Å²) in [5.41, 5.74) is 0.970. The molecule has 2 rings (SSSR count). The molecule has 0 bridgehead atoms. The van der Waals surface area contributed by atoms with E-state index in [0.29, 0.717) is 28.1 Å². The Bertz CT molecular complexity index is 592. The Labute approximate surface area is 189 Å². The highest BCUT2D eigenvalue weighted by atomic mass is 127. The fourth-order valence-electron chi connectivity index (χ4n) is 2.76. The van der Waals surface area contributed by atoms with E-state index in [-0.39, 0.29) is 29.4 Å². The van der Waals surface area contributed by atoms with Crippen molar-refractivity contribution >= 4 is 53.1 Å². The summed E-state index contributed by atoms with van der Waals surface area (Å²) >= 11 is 12.0. The molecule has 0 saturated heterocycles. The van der Waals surface area contributed by atoms with Crippen LogP contribution < -0.4 is 10.6 Å². The van der Waals surface area contributed by atoms with E-state index in [1.54, 1.807) is 18.2 Å². The molecule has 1 saturated carbocycles. The van der Waals surface area contributed by atoms with E-state index >= 15 is 0 Å². The minimum Gasteiger partial charge on any atom is -0.387 e. The number of rotatable bonds is 10. The summed E-state index contributed by atoms with van der Waals surface area (Å²) in [6.45, 7) is 7.45. The summed E-state index contributed by atoms with van der Waals surface area (Å²) in [5.74, 6) is 0.711. The Morgan fingerprint density at radius 2 is 1.89 bits per heavy atom. The van der Waals surface area contributed by atoms with Gasteiger partial charge in [0.25, 0.3) is 0 Å². The van der Waals surface area contributed by atoms with Crippen LogP contribution in [0.1, 0.15) is 44.8 Å². The van der Waals surface area contributed by atoms with Gasteiger partial charge in [-0.05, 0) is 62.3 Å². The Morgan fingerprint density at radius 1 is 1.22 bits per heavy atom. The third-order valence-electron chi connectivity index (χ3n) is 4.59. The van der Waals surface area contributed by atoms with E-state index in [2.05, 4.69) is 10.6 Å². The van der Waals surface area contributed by atoms with Crippen LogP contribution in [0.15, 0.2) is 23.2 Å². The molecule has 0 aromatic heterocycles. The molecule has 154 valence electrons. The molecule has 0 radical (unpaired) electrons. The lowest BCUT2D eigenvalue weighted by molar-refractivity contribution is 0.129. The summed E-state index contributed by atoms with van der Waals surface area (Å²) in [7, 11) is 0. The zero-order chi connectivity index (χ0) is 19.0. The number of aliphatic hydroxyl groups is 1. The van der Waals surface area contributed by atoms with Crippen molar-refractivity contribution in [1.82, 2.24) is 10.6 Å². The Balaban J connectivity index is 0.00000364. The Kier molecular flexibility index (Phi) is 11.3. The van der Waals surface area contributed by atoms with Crippen molar-refractivity contribution in [2.75, 3.05) is 32.8 Å². The number of aliphatic hydroxyl groups excluding tert-OH is 1. The molecule has 1 aromatic rings. The van der Waals surface area contributed by atoms with Crippen molar-refractivity contribution in [1.29, 1.82) is 0 Å². The van der Waals surface area contributed by atoms with Crippen LogP contribution in [0.3, 0.4) is 0 Å². The molecule has 0 heterocycles. The standard InChI is InChI=1S/C19H29Cl2N3O2.HI/c1-3-22-18(24-13-19(5-6-19)7-8-26-4-2)23-12-17(25)14-9-15(20)11-16(21)10-14;/h9-11,17,25H,3-8,12-13H2,1-2H3,(H2,22,23,24);1H. The van der Waals surface area contributed by atoms with Gasteiger partial charge in [-0.3, -0.25) is 4.99 Å². The average Bonchev–Trinajstić information content (AvgIpc) is 3.36. The molecular weight excluding hydrogens is 500 g/mol. The highest BCUT2D eigenvalue weighted by Gasteiger charge is 2.41. The number of benzene rings is 1. The molecule has 1 aromatic carbocycles. The minimum atomic E-state index is -0.720. The summed E-state index contributed by atoms with van der Waals surface area (Å²) < 4.78 is 5.48. The zero-order valence-electron chi connectivity index (χ0n) is 15.9. The third kappa shape index (κ3) is 8.73. The highest BCUT2D eigenvalue weighted by molar-refractivity contribution is 14.0. The molecule has 0 amide bonds. The van der Waals surface area contributed by atoms with E-state index in [9.17, 15) is 5.11 Å². The molecular formula is C19H30Cl2IN3O2. The normalized spacial score (nSPS) is 16.4. The predicted molar refractivity (Wildman–Crippen MR) is 124 cm³/mol. The first-order chi connectivity index (χ1) is 12.5. The van der Waals surface area contributed by atoms with Gasteiger partial charge in [0.15, 0.2) is 5.96 Å². The maximum Gasteiger partial charge on any atom is 0.191 e. The molecule has 0 aliphatic heterocycles. The number of hydrogen-bond acceptors (Lipinski definition) is 3. The monoisotopic (exact) mass is 529 g/mol. The van der Waals surface area contributed by atoms with Gasteiger partial charge in [-0.25, -0.2) is 0 Å². The van der Waals surface area contributed by atoms with E-state index in [1.807, 2.05) is 13.8 Å². The number of hydrogen-bond donors (Lipinski definition) is 3. The lowest BCUT2D eigenvalue weighted by Crippen LogP contribution is -2.39. The van der Waals surface area contributed by atoms with E-state index in [0.717, 1.165) is 32.7 Å². The van der Waals surface area contributed by atoms with Crippen LogP contribution in [0.5, 0.6) is 0 Å². The zero-order valence-corrected chi connectivity index (χ0v) is 19.8. The van der Waals surface area contributed by atoms with Crippen LogP contribution in [0.2, 0.25) is 10.0 Å². The number of halogens is 3. The summed E-state index contributed by atoms with van der Waals surface area (Å²) in [5, 5.41) is 17.8. The van der Waals surface area contributed by atoms with Gasteiger partial charge >= 0.3 is 0 Å². The molecule has 0 spiro atoms. The summed E-state index contributed by atoms with van der Waals surface area (Å²) in [4.78, 5) is 4.70. The topological polar surface area (TPSA) is 65.9 Å². The summed E-state index contributed by atoms with van der Waals surface area (Å²) in [6, 6.07) is 5.09. The lowest BCUT2D eigenvalue weighted by Gasteiger charge is -2.18. The van der Waals surface area contributed by atoms with Gasteiger partial charge in [0.1, 0.15) is 0 Å². The quantitative estimate of drug-likeness (QED) is 0.182. The minimum absolute atomic E-state index is 0. The molecule has 5 nitrogen and oxygen atoms in total. The molecule has 1 unspecified atom stereocenters. The van der Waals surface area contributed by atoms with Crippen molar-refractivity contribution in [2.24, 2.45) is 10.4 Å². The number of ether oxygens (including phenoxy) is 1. The molecule has 27 heavy (non-hydrogen) atoms. The van der Waals surface area contributed by atoms with Gasteiger partial charge < -0.3 is 20.5 Å². The maximum atomic E-state index is 10.4. The molecule has 1 aliphatic rings. The maximum absolute atomic E-state index is 10.4. The second-order valence-electron chi connectivity index (χ2n) is 6.74. The first-order valence-electron chi connectivity index (χ1n) is 9.22. The van der Waals surface area contributed by atoms with Crippen LogP contribution in [0.4, 0.5) is 0 Å². The van der Waals surface area contributed by atoms with E-state index in [1.165, 1.54) is 12.8 Å². The van der Waals surface area contributed by atoms with Gasteiger partial charge in [-0.2, -0.15) is 0 Å². The number of nitrogens with one attached hydrogen (secondary N) is 2. The molecule has 1 atom stereocenters. The van der Waals surface area contributed by atoms with E-state index in [4.69, 9.17) is 32.9 Å². The van der Waals surface area contributed by atoms with Crippen LogP contribution in [-0.2, 0) is 4.74 Å². The summed E-state index contributed by atoms with van der Waals surface area (Å²) in [6.07, 6.45) is 2.73. The Morgan fingerprint density at radius 3 is 2.44 bits per heavy atom. The van der Waals surface area contributed by atoms with Gasteiger partial charge in [-0.15, -0.1) is 24.0 Å². The van der Waals surface area contributed by atoms with Crippen LogP contribution >= 0.6 is 47.2 Å². The first kappa shape index (κ1) is 24.8. The number of nitrogens with zero attached hydrogens (tertiary/aromatic N) is 1. The number of guanidine groups is 1. The number of aliphatic imine (C=N–C) groups is 1. The molecule has 3 N–H and O–H groups in total. The van der Waals surface area contributed by atoms with Gasteiger partial charge in [0.05, 0.1) is 6.10 Å². The van der Waals surface area contributed by atoms with Crippen molar-refractivity contribution in [2.45, 2.75) is 39.2 Å². The van der Waals surface area contributed by atoms with Crippen LogP contribution in [-0.4, -0.2) is 43.9 Å². The van der Waals surface area contributed by atoms with Crippen molar-refractivity contribution in [3.63, 3.8) is 0 Å². The second-order valence-corrected chi connectivity index (χ2v) is 7.61. The predicted octanol–water partition coefficient (Wildman–Crippen LogP) is 4.41. The SMILES string of the molecule is CCNC(=NCC1(CCOCC)CC1)NCC(O)c1cc(Cl)cc(Cl)c1.I. The molecule has 1 fully saturated rings.